The van der Waals surface area contributed by atoms with Crippen molar-refractivity contribution >= 4 is 40.5 Å². The molecular formula is C22H16ClFN2O2S. The van der Waals surface area contributed by atoms with Crippen molar-refractivity contribution in [3.05, 3.63) is 101 Å². The van der Waals surface area contributed by atoms with Gasteiger partial charge in [0.25, 0.3) is 5.91 Å². The summed E-state index contributed by atoms with van der Waals surface area (Å²) in [4.78, 5) is 15.8. The molecule has 146 valence electrons. The second kappa shape index (κ2) is 7.55. The largest absolute Gasteiger partial charge is 0.365 e. The summed E-state index contributed by atoms with van der Waals surface area (Å²) in [6.07, 6.45) is 0. The Bertz CT molecular complexity index is 1080. The van der Waals surface area contributed by atoms with Gasteiger partial charge in [0.05, 0.1) is 17.3 Å². The van der Waals surface area contributed by atoms with Crippen molar-refractivity contribution in [3.8, 4) is 0 Å². The third-order valence-corrected chi connectivity index (χ3v) is 5.53. The number of hydrogen-bond acceptors (Lipinski definition) is 3. The molecule has 1 unspecified atom stereocenters. The molecule has 1 aliphatic rings. The molecule has 3 aromatic carbocycles. The topological polar surface area (TPSA) is 43.8 Å². The van der Waals surface area contributed by atoms with Gasteiger partial charge in [0.15, 0.2) is 10.8 Å². The molecule has 4 nitrogen and oxygen atoms in total. The Balaban J connectivity index is 1.84. The molecule has 0 spiro atoms. The normalized spacial score (nSPS) is 18.9. The molecule has 7 heteroatoms. The fraction of sp³-hybridized carbons (Fsp3) is 0.0909. The zero-order chi connectivity index (χ0) is 20.6. The van der Waals surface area contributed by atoms with Crippen molar-refractivity contribution in [1.82, 2.24) is 4.90 Å². The van der Waals surface area contributed by atoms with Gasteiger partial charge in [-0.05, 0) is 42.5 Å². The minimum atomic E-state index is -1.66. The van der Waals surface area contributed by atoms with Gasteiger partial charge in [0.2, 0.25) is 0 Å². The van der Waals surface area contributed by atoms with E-state index >= 15 is 0 Å². The maximum Gasteiger partial charge on any atom is 0.260 e. The second-order valence-corrected chi connectivity index (χ2v) is 7.43. The molecule has 1 aliphatic heterocycles. The number of carbonyl (C=O) groups excluding carboxylic acids is 1. The van der Waals surface area contributed by atoms with Crippen molar-refractivity contribution in [1.29, 1.82) is 0 Å². The number of carbonyl (C=O) groups is 1. The van der Waals surface area contributed by atoms with Crippen LogP contribution < -0.4 is 4.90 Å². The summed E-state index contributed by atoms with van der Waals surface area (Å²) in [5.41, 5.74) is -0.374. The Kier molecular flexibility index (Phi) is 5.08. The van der Waals surface area contributed by atoms with Gasteiger partial charge in [-0.25, -0.2) is 4.39 Å². The number of rotatable bonds is 3. The molecule has 1 atom stereocenters. The lowest BCUT2D eigenvalue weighted by Crippen LogP contribution is -2.45. The molecular weight excluding hydrogens is 411 g/mol. The van der Waals surface area contributed by atoms with Gasteiger partial charge in [-0.15, -0.1) is 0 Å². The number of nitrogens with zero attached hydrogens (tertiary/aromatic N) is 2. The number of amides is 1. The molecule has 29 heavy (non-hydrogen) atoms. The van der Waals surface area contributed by atoms with Gasteiger partial charge in [-0.3, -0.25) is 14.6 Å². The number of hydrogen-bond donors (Lipinski definition) is 1. The summed E-state index contributed by atoms with van der Waals surface area (Å²) < 4.78 is 13.6. The lowest BCUT2D eigenvalue weighted by molar-refractivity contribution is 0.0432. The second-order valence-electron chi connectivity index (χ2n) is 6.65. The summed E-state index contributed by atoms with van der Waals surface area (Å²) in [5.74, 6) is -0.852. The predicted octanol–water partition coefficient (Wildman–Crippen LogP) is 4.57. The Morgan fingerprint density at radius 2 is 1.66 bits per heavy atom. The van der Waals surface area contributed by atoms with Crippen LogP contribution in [0, 0.1) is 5.82 Å². The lowest BCUT2D eigenvalue weighted by atomic mass is 10.0. The van der Waals surface area contributed by atoms with Crippen LogP contribution in [-0.4, -0.2) is 27.6 Å². The number of thiocarbonyl (C=S) groups is 1. The molecule has 3 aromatic rings. The maximum absolute atomic E-state index is 13.6. The van der Waals surface area contributed by atoms with Crippen LogP contribution in [0.3, 0.4) is 0 Å². The highest BCUT2D eigenvalue weighted by Crippen LogP contribution is 2.41. The Hall–Kier alpha value is -2.80. The van der Waals surface area contributed by atoms with Crippen LogP contribution in [-0.2, 0) is 5.72 Å². The van der Waals surface area contributed by atoms with E-state index in [4.69, 9.17) is 23.8 Å². The van der Waals surface area contributed by atoms with Crippen molar-refractivity contribution in [2.45, 2.75) is 5.72 Å². The zero-order valence-corrected chi connectivity index (χ0v) is 16.7. The van der Waals surface area contributed by atoms with E-state index in [0.717, 1.165) is 6.07 Å². The molecule has 1 N–H and O–H groups in total. The highest BCUT2D eigenvalue weighted by atomic mass is 35.5. The van der Waals surface area contributed by atoms with Crippen LogP contribution in [0.1, 0.15) is 15.9 Å². The zero-order valence-electron chi connectivity index (χ0n) is 15.1. The van der Waals surface area contributed by atoms with Gasteiger partial charge in [0, 0.05) is 11.1 Å². The van der Waals surface area contributed by atoms with E-state index in [0.29, 0.717) is 16.8 Å². The standard InChI is InChI=1S/C22H16ClFN2O2S/c23-18-13-17(24)11-12-19(18)26-21(29)25(20(27)15-7-3-1-4-8-15)14-22(26,28)16-9-5-2-6-10-16/h1-13,28H,14H2. The van der Waals surface area contributed by atoms with Crippen molar-refractivity contribution < 1.29 is 14.3 Å². The van der Waals surface area contributed by atoms with Gasteiger partial charge < -0.3 is 5.11 Å². The van der Waals surface area contributed by atoms with Gasteiger partial charge >= 0.3 is 0 Å². The highest BCUT2D eigenvalue weighted by Gasteiger charge is 2.51. The van der Waals surface area contributed by atoms with E-state index in [2.05, 4.69) is 0 Å². The number of aliphatic hydroxyl groups is 1. The Labute approximate surface area is 177 Å². The first kappa shape index (κ1) is 19.5. The maximum atomic E-state index is 13.6. The van der Waals surface area contributed by atoms with Crippen LogP contribution in [0.4, 0.5) is 10.1 Å². The molecule has 0 bridgehead atoms. The number of β-amino-alcohol motifs (C(OH)–C–C–N with tert-alkyl or cyclic N) is 1. The number of benzene rings is 3. The lowest BCUT2D eigenvalue weighted by Gasteiger charge is -2.34. The first-order valence-electron chi connectivity index (χ1n) is 8.86. The summed E-state index contributed by atoms with van der Waals surface area (Å²) in [7, 11) is 0. The van der Waals surface area contributed by atoms with Crippen molar-refractivity contribution in [2.24, 2.45) is 0 Å². The van der Waals surface area contributed by atoms with Crippen LogP contribution >= 0.6 is 23.8 Å². The summed E-state index contributed by atoms with van der Waals surface area (Å²) in [6, 6.07) is 21.4. The average Bonchev–Trinajstić information content (AvgIpc) is 3.01. The smallest absolute Gasteiger partial charge is 0.260 e. The number of halogens is 2. The highest BCUT2D eigenvalue weighted by molar-refractivity contribution is 7.80. The molecule has 1 saturated heterocycles. The van der Waals surface area contributed by atoms with Crippen molar-refractivity contribution in [2.75, 3.05) is 11.4 Å². The van der Waals surface area contributed by atoms with E-state index in [1.807, 2.05) is 12.1 Å². The van der Waals surface area contributed by atoms with E-state index in [1.165, 1.54) is 21.9 Å². The van der Waals surface area contributed by atoms with Gasteiger partial charge in [0.1, 0.15) is 5.82 Å². The van der Waals surface area contributed by atoms with Gasteiger partial charge in [-0.1, -0.05) is 60.1 Å². The number of anilines is 1. The molecule has 0 aliphatic carbocycles. The van der Waals surface area contributed by atoms with E-state index in [-0.39, 0.29) is 22.6 Å². The summed E-state index contributed by atoms with van der Waals surface area (Å²) >= 11 is 11.9. The Morgan fingerprint density at radius 1 is 1.03 bits per heavy atom. The van der Waals surface area contributed by atoms with Crippen LogP contribution in [0.2, 0.25) is 5.02 Å². The quantitative estimate of drug-likeness (QED) is 0.623. The van der Waals surface area contributed by atoms with Crippen LogP contribution in [0.15, 0.2) is 78.9 Å². The van der Waals surface area contributed by atoms with E-state index in [1.54, 1.807) is 48.5 Å². The molecule has 0 saturated carbocycles. The SMILES string of the molecule is O=C(c1ccccc1)N1CC(O)(c2ccccc2)N(c2ccc(F)cc2Cl)C1=S. The fourth-order valence-electron chi connectivity index (χ4n) is 3.42. The third-order valence-electron chi connectivity index (χ3n) is 4.82. The van der Waals surface area contributed by atoms with E-state index in [9.17, 15) is 14.3 Å². The monoisotopic (exact) mass is 426 g/mol. The third kappa shape index (κ3) is 3.40. The predicted molar refractivity (Wildman–Crippen MR) is 114 cm³/mol. The molecule has 4 rings (SSSR count). The fourth-order valence-corrected chi connectivity index (χ4v) is 4.07. The van der Waals surface area contributed by atoms with Crippen LogP contribution in [0.25, 0.3) is 0 Å². The van der Waals surface area contributed by atoms with E-state index < -0.39 is 11.5 Å². The first-order chi connectivity index (χ1) is 13.9. The summed E-state index contributed by atoms with van der Waals surface area (Å²) in [6.45, 7) is -0.0999. The Morgan fingerprint density at radius 3 is 2.28 bits per heavy atom. The first-order valence-corrected chi connectivity index (χ1v) is 9.64. The minimum absolute atomic E-state index is 0.0794. The summed E-state index contributed by atoms with van der Waals surface area (Å²) in [5, 5.41) is 11.9. The average molecular weight is 427 g/mol. The molecule has 0 radical (unpaired) electrons. The molecule has 1 heterocycles. The van der Waals surface area contributed by atoms with Gasteiger partial charge in [-0.2, -0.15) is 0 Å². The molecule has 1 amide bonds. The molecule has 1 fully saturated rings. The van der Waals surface area contributed by atoms with Crippen molar-refractivity contribution in [3.63, 3.8) is 0 Å². The van der Waals surface area contributed by atoms with Crippen LogP contribution in [0.5, 0.6) is 0 Å². The minimum Gasteiger partial charge on any atom is -0.365 e. The molecule has 0 aromatic heterocycles.